The number of ketones is 1. The van der Waals surface area contributed by atoms with Crippen molar-refractivity contribution in [3.8, 4) is 11.4 Å². The van der Waals surface area contributed by atoms with E-state index < -0.39 is 5.69 Å². The van der Waals surface area contributed by atoms with Crippen LogP contribution in [0, 0.1) is 6.92 Å². The predicted molar refractivity (Wildman–Crippen MR) is 165 cm³/mol. The van der Waals surface area contributed by atoms with Gasteiger partial charge in [-0.15, -0.1) is 11.3 Å². The molecule has 5 rings (SSSR count). The average Bonchev–Trinajstić information content (AvgIpc) is 3.52. The SMILES string of the molecule is Cc1cnc(CC(=O)c2ccc(-n3c(=O)n(-c4cccc(N(C)C(=O)/C=C/CN(C)C)c4)c4ncnc(N)c43)cc2)s1. The fourth-order valence-corrected chi connectivity index (χ4v) is 5.27. The summed E-state index contributed by atoms with van der Waals surface area (Å²) in [6.07, 6.45) is 6.57. The highest BCUT2D eigenvalue weighted by molar-refractivity contribution is 7.11. The van der Waals surface area contributed by atoms with Crippen molar-refractivity contribution < 1.29 is 9.59 Å². The fourth-order valence-electron chi connectivity index (χ4n) is 4.48. The van der Waals surface area contributed by atoms with Crippen molar-refractivity contribution in [3.63, 3.8) is 0 Å². The molecule has 3 heterocycles. The number of aromatic nitrogens is 5. The number of amides is 1. The lowest BCUT2D eigenvalue weighted by Gasteiger charge is -2.16. The van der Waals surface area contributed by atoms with Crippen molar-refractivity contribution in [1.82, 2.24) is 29.0 Å². The third-order valence-electron chi connectivity index (χ3n) is 6.61. The molecule has 0 saturated heterocycles. The Morgan fingerprint density at radius 3 is 2.45 bits per heavy atom. The van der Waals surface area contributed by atoms with Crippen LogP contribution < -0.4 is 16.3 Å². The number of likely N-dealkylation sites (N-methyl/N-ethyl adjacent to an activating group) is 2. The fraction of sp³-hybridized carbons (Fsp3) is 0.200. The number of carbonyl (C=O) groups excluding carboxylic acids is 2. The maximum Gasteiger partial charge on any atom is 0.339 e. The number of carbonyl (C=O) groups is 2. The molecule has 5 aromatic rings. The van der Waals surface area contributed by atoms with E-state index in [4.69, 9.17) is 5.73 Å². The summed E-state index contributed by atoms with van der Waals surface area (Å²) in [5.74, 6) is -0.139. The molecule has 0 saturated carbocycles. The Labute approximate surface area is 246 Å². The summed E-state index contributed by atoms with van der Waals surface area (Å²) in [6.45, 7) is 2.58. The van der Waals surface area contributed by atoms with Gasteiger partial charge in [0.1, 0.15) is 16.9 Å². The van der Waals surface area contributed by atoms with Gasteiger partial charge in [-0.1, -0.05) is 12.1 Å². The van der Waals surface area contributed by atoms with E-state index in [2.05, 4.69) is 15.0 Å². The molecule has 0 unspecified atom stereocenters. The number of nitrogens with zero attached hydrogens (tertiary/aromatic N) is 7. The molecule has 0 aliphatic heterocycles. The highest BCUT2D eigenvalue weighted by Gasteiger charge is 2.21. The number of nitrogen functional groups attached to an aromatic ring is 1. The zero-order chi connectivity index (χ0) is 30.0. The molecule has 0 aliphatic carbocycles. The van der Waals surface area contributed by atoms with Gasteiger partial charge in [0.25, 0.3) is 0 Å². The molecule has 0 spiro atoms. The molecular weight excluding hydrogens is 552 g/mol. The van der Waals surface area contributed by atoms with E-state index in [-0.39, 0.29) is 23.9 Å². The lowest BCUT2D eigenvalue weighted by atomic mass is 10.1. The maximum absolute atomic E-state index is 14.0. The third-order valence-corrected chi connectivity index (χ3v) is 7.53. The smallest absolute Gasteiger partial charge is 0.339 e. The first-order chi connectivity index (χ1) is 20.1. The second kappa shape index (κ2) is 11.9. The van der Waals surface area contributed by atoms with Gasteiger partial charge in [0.05, 0.1) is 17.8 Å². The van der Waals surface area contributed by atoms with Crippen LogP contribution in [-0.4, -0.2) is 68.4 Å². The van der Waals surface area contributed by atoms with Crippen molar-refractivity contribution in [1.29, 1.82) is 0 Å². The Morgan fingerprint density at radius 2 is 1.76 bits per heavy atom. The van der Waals surface area contributed by atoms with Crippen LogP contribution in [0.25, 0.3) is 22.5 Å². The van der Waals surface area contributed by atoms with Crippen molar-refractivity contribution >= 4 is 45.7 Å². The number of hydrogen-bond acceptors (Lipinski definition) is 9. The van der Waals surface area contributed by atoms with Crippen molar-refractivity contribution in [3.05, 3.63) is 99.1 Å². The molecule has 2 N–H and O–H groups in total. The number of hydrogen-bond donors (Lipinski definition) is 1. The summed E-state index contributed by atoms with van der Waals surface area (Å²) in [5.41, 5.74) is 8.58. The molecule has 0 radical (unpaired) electrons. The summed E-state index contributed by atoms with van der Waals surface area (Å²) in [7, 11) is 5.52. The highest BCUT2D eigenvalue weighted by atomic mass is 32.1. The second-order valence-electron chi connectivity index (χ2n) is 9.98. The van der Waals surface area contributed by atoms with Crippen LogP contribution >= 0.6 is 11.3 Å². The van der Waals surface area contributed by atoms with Gasteiger partial charge in [-0.05, 0) is 63.5 Å². The topological polar surface area (TPSA) is 132 Å². The average molecular weight is 583 g/mol. The summed E-state index contributed by atoms with van der Waals surface area (Å²) < 4.78 is 2.86. The van der Waals surface area contributed by atoms with Crippen LogP contribution in [0.3, 0.4) is 0 Å². The van der Waals surface area contributed by atoms with Gasteiger partial charge in [0, 0.05) is 42.0 Å². The monoisotopic (exact) mass is 582 g/mol. The van der Waals surface area contributed by atoms with Gasteiger partial charge in [0.2, 0.25) is 5.91 Å². The zero-order valence-electron chi connectivity index (χ0n) is 23.7. The van der Waals surface area contributed by atoms with E-state index in [0.717, 1.165) is 9.88 Å². The van der Waals surface area contributed by atoms with E-state index in [9.17, 15) is 14.4 Å². The number of thiazole rings is 1. The summed E-state index contributed by atoms with van der Waals surface area (Å²) in [4.78, 5) is 56.8. The number of nitrogens with two attached hydrogens (primary N) is 1. The molecule has 11 nitrogen and oxygen atoms in total. The molecular formula is C30H30N8O3S. The Balaban J connectivity index is 1.52. The second-order valence-corrected chi connectivity index (χ2v) is 11.3. The van der Waals surface area contributed by atoms with Crippen molar-refractivity contribution in [2.24, 2.45) is 0 Å². The third kappa shape index (κ3) is 5.76. The molecule has 0 aliphatic rings. The first-order valence-corrected chi connectivity index (χ1v) is 13.9. The van der Waals surface area contributed by atoms with Crippen LogP contribution in [-0.2, 0) is 11.2 Å². The Hall–Kier alpha value is -4.94. The van der Waals surface area contributed by atoms with Gasteiger partial charge in [0.15, 0.2) is 17.2 Å². The van der Waals surface area contributed by atoms with Gasteiger partial charge < -0.3 is 15.5 Å². The first kappa shape index (κ1) is 28.6. The Bertz CT molecular complexity index is 1870. The summed E-state index contributed by atoms with van der Waals surface area (Å²) in [5, 5.41) is 0.755. The lowest BCUT2D eigenvalue weighted by Crippen LogP contribution is -2.25. The van der Waals surface area contributed by atoms with Gasteiger partial charge in [-0.25, -0.2) is 24.3 Å². The van der Waals surface area contributed by atoms with E-state index in [1.54, 1.807) is 67.9 Å². The molecule has 2 aromatic carbocycles. The molecule has 0 atom stereocenters. The van der Waals surface area contributed by atoms with Gasteiger partial charge in [-0.2, -0.15) is 0 Å². The highest BCUT2D eigenvalue weighted by Crippen LogP contribution is 2.25. The van der Waals surface area contributed by atoms with E-state index >= 15 is 0 Å². The molecule has 0 bridgehead atoms. The molecule has 42 heavy (non-hydrogen) atoms. The predicted octanol–water partition coefficient (Wildman–Crippen LogP) is 3.42. The zero-order valence-corrected chi connectivity index (χ0v) is 24.5. The first-order valence-electron chi connectivity index (χ1n) is 13.1. The van der Waals surface area contributed by atoms with E-state index in [0.29, 0.717) is 40.3 Å². The Morgan fingerprint density at radius 1 is 1.00 bits per heavy atom. The lowest BCUT2D eigenvalue weighted by molar-refractivity contribution is -0.113. The molecule has 3 aromatic heterocycles. The van der Waals surface area contributed by atoms with E-state index in [1.807, 2.05) is 25.9 Å². The van der Waals surface area contributed by atoms with Crippen LogP contribution in [0.1, 0.15) is 20.2 Å². The largest absolute Gasteiger partial charge is 0.382 e. The number of rotatable bonds is 9. The van der Waals surface area contributed by atoms with Crippen molar-refractivity contribution in [2.75, 3.05) is 38.3 Å². The molecule has 214 valence electrons. The number of anilines is 2. The minimum atomic E-state index is -0.424. The van der Waals surface area contributed by atoms with Gasteiger partial charge in [-0.3, -0.25) is 14.2 Å². The number of Topliss-reactive ketones (excluding diaryl/α,β-unsaturated/α-hetero) is 1. The van der Waals surface area contributed by atoms with Crippen LogP contribution in [0.4, 0.5) is 11.5 Å². The standard InChI is InChI=1S/C30H30N8O3S/c1-19-17-32-25(42-19)16-24(39)20-10-12-21(13-11-20)37-27-28(31)33-18-34-29(27)38(30(37)41)23-8-5-7-22(15-23)36(4)26(40)9-6-14-35(2)3/h5-13,15,17-18H,14,16H2,1-4H3,(H2,31,33,34)/b9-6+. The van der Waals surface area contributed by atoms with Crippen molar-refractivity contribution in [2.45, 2.75) is 13.3 Å². The van der Waals surface area contributed by atoms with Crippen LogP contribution in [0.2, 0.25) is 0 Å². The molecule has 12 heteroatoms. The Kier molecular flexibility index (Phi) is 8.09. The minimum absolute atomic E-state index is 0.0689. The van der Waals surface area contributed by atoms with Gasteiger partial charge >= 0.3 is 5.69 Å². The number of fused-ring (bicyclic) bond motifs is 1. The quantitative estimate of drug-likeness (QED) is 0.207. The normalized spacial score (nSPS) is 11.5. The van der Waals surface area contributed by atoms with Crippen LogP contribution in [0.5, 0.6) is 0 Å². The number of aryl methyl sites for hydroxylation is 1. The minimum Gasteiger partial charge on any atom is -0.382 e. The number of imidazole rings is 1. The molecule has 1 amide bonds. The van der Waals surface area contributed by atoms with E-state index in [1.165, 1.54) is 37.8 Å². The maximum atomic E-state index is 14.0. The summed E-state index contributed by atoms with van der Waals surface area (Å²) in [6, 6.07) is 13.8. The van der Waals surface area contributed by atoms with Crippen LogP contribution in [0.15, 0.2) is 78.0 Å². The summed E-state index contributed by atoms with van der Waals surface area (Å²) >= 11 is 1.49. The molecule has 0 fully saturated rings. The number of benzene rings is 2.